The average molecular weight is 395 g/mol. The van der Waals surface area contributed by atoms with Gasteiger partial charge in [0.2, 0.25) is 0 Å². The van der Waals surface area contributed by atoms with E-state index in [0.717, 1.165) is 42.9 Å². The van der Waals surface area contributed by atoms with E-state index in [2.05, 4.69) is 67.4 Å². The Bertz CT molecular complexity index is 873. The largest absolute Gasteiger partial charge is 0.497 e. The van der Waals surface area contributed by atoms with Gasteiger partial charge in [0.25, 0.3) is 0 Å². The summed E-state index contributed by atoms with van der Waals surface area (Å²) in [5.41, 5.74) is 7.44. The van der Waals surface area contributed by atoms with Crippen LogP contribution in [-0.2, 0) is 5.75 Å². The summed E-state index contributed by atoms with van der Waals surface area (Å²) in [5, 5.41) is 9.83. The van der Waals surface area contributed by atoms with E-state index in [-0.39, 0.29) is 0 Å². The lowest BCUT2D eigenvalue weighted by Crippen LogP contribution is -2.16. The molecule has 0 N–H and O–H groups in total. The number of nitrogens with zero attached hydrogens (tertiary/aromatic N) is 2. The summed E-state index contributed by atoms with van der Waals surface area (Å²) < 4.78 is 5.36. The fourth-order valence-corrected chi connectivity index (χ4v) is 4.75. The second-order valence-corrected chi connectivity index (χ2v) is 8.70. The fourth-order valence-electron chi connectivity index (χ4n) is 3.54. The fraction of sp³-hybridized carbons (Fsp3) is 0.417. The molecule has 1 unspecified atom stereocenters. The van der Waals surface area contributed by atoms with Crippen molar-refractivity contribution in [1.29, 1.82) is 0 Å². The minimum absolute atomic E-state index is 0.557. The van der Waals surface area contributed by atoms with Gasteiger partial charge in [-0.2, -0.15) is 22.0 Å². The van der Waals surface area contributed by atoms with Gasteiger partial charge in [-0.05, 0) is 62.8 Å². The molecule has 1 aliphatic rings. The highest BCUT2D eigenvalue weighted by molar-refractivity contribution is 7.99. The third kappa shape index (κ3) is 5.48. The van der Waals surface area contributed by atoms with E-state index in [0.29, 0.717) is 5.25 Å². The SMILES string of the molecule is CCC1=NN=C(c2ccc(C)cc2C)CCC(SCc2cccc(OC)c2)C1. The summed E-state index contributed by atoms with van der Waals surface area (Å²) in [7, 11) is 1.72. The maximum absolute atomic E-state index is 5.36. The van der Waals surface area contributed by atoms with Gasteiger partial charge in [-0.15, -0.1) is 0 Å². The van der Waals surface area contributed by atoms with Crippen molar-refractivity contribution >= 4 is 23.2 Å². The van der Waals surface area contributed by atoms with Gasteiger partial charge in [-0.1, -0.05) is 42.8 Å². The molecule has 0 amide bonds. The van der Waals surface area contributed by atoms with Crippen molar-refractivity contribution in [2.45, 2.75) is 57.5 Å². The van der Waals surface area contributed by atoms with Crippen molar-refractivity contribution in [2.24, 2.45) is 10.2 Å². The van der Waals surface area contributed by atoms with Gasteiger partial charge in [0.15, 0.2) is 0 Å². The van der Waals surface area contributed by atoms with Gasteiger partial charge in [-0.25, -0.2) is 0 Å². The van der Waals surface area contributed by atoms with E-state index in [9.17, 15) is 0 Å². The molecule has 2 aromatic rings. The van der Waals surface area contributed by atoms with Gasteiger partial charge in [0.1, 0.15) is 5.75 Å². The van der Waals surface area contributed by atoms with Gasteiger partial charge in [0.05, 0.1) is 12.8 Å². The Balaban J connectivity index is 1.73. The number of ether oxygens (including phenoxy) is 1. The first-order chi connectivity index (χ1) is 13.6. The van der Waals surface area contributed by atoms with Crippen molar-refractivity contribution in [2.75, 3.05) is 7.11 Å². The van der Waals surface area contributed by atoms with E-state index in [1.54, 1.807) is 7.11 Å². The van der Waals surface area contributed by atoms with Gasteiger partial charge >= 0.3 is 0 Å². The van der Waals surface area contributed by atoms with Crippen LogP contribution in [0.3, 0.4) is 0 Å². The second kappa shape index (κ2) is 9.92. The molecule has 4 heteroatoms. The molecule has 0 radical (unpaired) electrons. The Hall–Kier alpha value is -2.07. The highest BCUT2D eigenvalue weighted by Gasteiger charge is 2.18. The van der Waals surface area contributed by atoms with Crippen LogP contribution in [0.2, 0.25) is 0 Å². The first-order valence-corrected chi connectivity index (χ1v) is 11.1. The molecular formula is C24H30N2OS. The smallest absolute Gasteiger partial charge is 0.119 e. The van der Waals surface area contributed by atoms with Gasteiger partial charge in [0, 0.05) is 22.3 Å². The van der Waals surface area contributed by atoms with Crippen molar-refractivity contribution in [3.63, 3.8) is 0 Å². The van der Waals surface area contributed by atoms with Crippen LogP contribution in [0.5, 0.6) is 5.75 Å². The number of hydrogen-bond donors (Lipinski definition) is 0. The quantitative estimate of drug-likeness (QED) is 0.572. The van der Waals surface area contributed by atoms with Crippen molar-refractivity contribution in [3.8, 4) is 5.75 Å². The molecule has 1 heterocycles. The molecule has 0 saturated carbocycles. The number of aryl methyl sites for hydroxylation is 2. The van der Waals surface area contributed by atoms with E-state index in [1.165, 1.54) is 28.0 Å². The Labute approximate surface area is 173 Å². The molecule has 3 rings (SSSR count). The third-order valence-electron chi connectivity index (χ3n) is 5.20. The molecule has 1 atom stereocenters. The zero-order chi connectivity index (χ0) is 19.9. The van der Waals surface area contributed by atoms with E-state index < -0.39 is 0 Å². The highest BCUT2D eigenvalue weighted by atomic mass is 32.2. The summed E-state index contributed by atoms with van der Waals surface area (Å²) in [6, 6.07) is 15.0. The number of thioether (sulfide) groups is 1. The van der Waals surface area contributed by atoms with Crippen LogP contribution in [0.1, 0.15) is 54.9 Å². The molecule has 1 aliphatic heterocycles. The number of rotatable bonds is 6. The summed E-state index contributed by atoms with van der Waals surface area (Å²) in [5.74, 6) is 1.92. The summed E-state index contributed by atoms with van der Waals surface area (Å²) in [6.45, 7) is 6.48. The minimum atomic E-state index is 0.557. The third-order valence-corrected chi connectivity index (χ3v) is 6.57. The van der Waals surface area contributed by atoms with Crippen LogP contribution in [0.25, 0.3) is 0 Å². The Kier molecular flexibility index (Phi) is 7.32. The molecular weight excluding hydrogens is 364 g/mol. The first-order valence-electron chi connectivity index (χ1n) is 10.0. The van der Waals surface area contributed by atoms with Crippen molar-refractivity contribution in [3.05, 3.63) is 64.7 Å². The molecule has 2 aromatic carbocycles. The van der Waals surface area contributed by atoms with Crippen LogP contribution in [-0.4, -0.2) is 23.8 Å². The van der Waals surface area contributed by atoms with Crippen LogP contribution < -0.4 is 4.74 Å². The molecule has 0 fully saturated rings. The van der Waals surface area contributed by atoms with Gasteiger partial charge in [-0.3, -0.25) is 0 Å². The first kappa shape index (κ1) is 20.7. The molecule has 0 bridgehead atoms. The van der Waals surface area contributed by atoms with E-state index >= 15 is 0 Å². The molecule has 0 aliphatic carbocycles. The molecule has 28 heavy (non-hydrogen) atoms. The Morgan fingerprint density at radius 2 is 1.96 bits per heavy atom. The average Bonchev–Trinajstić information content (AvgIpc) is 2.69. The Morgan fingerprint density at radius 1 is 1.11 bits per heavy atom. The lowest BCUT2D eigenvalue weighted by atomic mass is 9.97. The predicted molar refractivity (Wildman–Crippen MR) is 122 cm³/mol. The van der Waals surface area contributed by atoms with E-state index in [1.807, 2.05) is 17.8 Å². The zero-order valence-corrected chi connectivity index (χ0v) is 18.2. The van der Waals surface area contributed by atoms with Gasteiger partial charge < -0.3 is 4.74 Å². The second-order valence-electron chi connectivity index (χ2n) is 7.41. The molecule has 148 valence electrons. The summed E-state index contributed by atoms with van der Waals surface area (Å²) in [6.07, 6.45) is 4.08. The summed E-state index contributed by atoms with van der Waals surface area (Å²) in [4.78, 5) is 0. The van der Waals surface area contributed by atoms with E-state index in [4.69, 9.17) is 4.74 Å². The molecule has 0 saturated heterocycles. The Morgan fingerprint density at radius 3 is 2.71 bits per heavy atom. The van der Waals surface area contributed by atoms with Crippen molar-refractivity contribution in [1.82, 2.24) is 0 Å². The van der Waals surface area contributed by atoms with Crippen LogP contribution >= 0.6 is 11.8 Å². The summed E-state index contributed by atoms with van der Waals surface area (Å²) >= 11 is 2.02. The maximum Gasteiger partial charge on any atom is 0.119 e. The number of benzene rings is 2. The standard InChI is InChI=1S/C24H30N2OS/c1-5-20-15-22(28-16-19-7-6-8-21(14-19)27-4)10-12-24(26-25-20)23-11-9-17(2)13-18(23)3/h6-9,11,13-14,22H,5,10,12,15-16H2,1-4H3. The topological polar surface area (TPSA) is 34.0 Å². The minimum Gasteiger partial charge on any atom is -0.497 e. The number of methoxy groups -OCH3 is 1. The lowest BCUT2D eigenvalue weighted by Gasteiger charge is -2.20. The van der Waals surface area contributed by atoms with Crippen LogP contribution in [0, 0.1) is 13.8 Å². The van der Waals surface area contributed by atoms with Crippen LogP contribution in [0.4, 0.5) is 0 Å². The highest BCUT2D eigenvalue weighted by Crippen LogP contribution is 2.29. The molecule has 0 spiro atoms. The molecule has 3 nitrogen and oxygen atoms in total. The van der Waals surface area contributed by atoms with Crippen LogP contribution in [0.15, 0.2) is 52.7 Å². The lowest BCUT2D eigenvalue weighted by molar-refractivity contribution is 0.414. The zero-order valence-electron chi connectivity index (χ0n) is 17.4. The molecule has 0 aromatic heterocycles. The van der Waals surface area contributed by atoms with Crippen molar-refractivity contribution < 1.29 is 4.74 Å². The normalized spacial score (nSPS) is 17.4. The number of hydrogen-bond acceptors (Lipinski definition) is 4. The predicted octanol–water partition coefficient (Wildman–Crippen LogP) is 6.35. The maximum atomic E-state index is 5.36. The monoisotopic (exact) mass is 394 g/mol.